The van der Waals surface area contributed by atoms with Crippen LogP contribution in [0.3, 0.4) is 0 Å². The van der Waals surface area contributed by atoms with E-state index in [2.05, 4.69) is 4.72 Å². The highest BCUT2D eigenvalue weighted by Crippen LogP contribution is 2.27. The number of hydrogen-bond acceptors (Lipinski definition) is 4. The second-order valence-corrected chi connectivity index (χ2v) is 6.87. The largest absolute Gasteiger partial charge is 0.479 e. The Morgan fingerprint density at radius 3 is 2.36 bits per heavy atom. The number of amides is 1. The monoisotopic (exact) mass is 330 g/mol. The quantitative estimate of drug-likeness (QED) is 0.823. The first-order valence-electron chi connectivity index (χ1n) is 6.45. The molecule has 0 saturated carbocycles. The molecule has 1 fully saturated rings. The van der Waals surface area contributed by atoms with E-state index >= 15 is 0 Å². The molecule has 1 unspecified atom stereocenters. The molecule has 1 amide bonds. The number of alkyl halides is 1. The van der Waals surface area contributed by atoms with Gasteiger partial charge in [-0.25, -0.2) is 22.3 Å². The normalized spacial score (nSPS) is 21.8. The van der Waals surface area contributed by atoms with Gasteiger partial charge in [0.15, 0.2) is 0 Å². The molecule has 1 aromatic rings. The highest BCUT2D eigenvalue weighted by atomic mass is 32.2. The van der Waals surface area contributed by atoms with Gasteiger partial charge in [0.25, 0.3) is 5.91 Å². The molecule has 1 aliphatic rings. The zero-order valence-corrected chi connectivity index (χ0v) is 12.6. The SMILES string of the molecule is CNS(=O)(=O)c1ccc(C(=O)N2CCC(F)(C(=O)O)C2)cc1. The van der Waals surface area contributed by atoms with Crippen molar-refractivity contribution in [3.63, 3.8) is 0 Å². The Balaban J connectivity index is 2.17. The number of aliphatic carboxylic acids is 1. The van der Waals surface area contributed by atoms with E-state index in [0.717, 1.165) is 4.90 Å². The van der Waals surface area contributed by atoms with Crippen molar-refractivity contribution in [2.24, 2.45) is 0 Å². The van der Waals surface area contributed by atoms with Crippen LogP contribution in [-0.2, 0) is 14.8 Å². The van der Waals surface area contributed by atoms with Crippen LogP contribution in [0.5, 0.6) is 0 Å². The van der Waals surface area contributed by atoms with E-state index in [1.807, 2.05) is 0 Å². The summed E-state index contributed by atoms with van der Waals surface area (Å²) in [6.45, 7) is -0.518. The van der Waals surface area contributed by atoms with Crippen molar-refractivity contribution in [2.75, 3.05) is 20.1 Å². The first-order chi connectivity index (χ1) is 10.2. The number of nitrogens with one attached hydrogen (secondary N) is 1. The summed E-state index contributed by atoms with van der Waals surface area (Å²) in [5.74, 6) is -2.12. The van der Waals surface area contributed by atoms with Crippen molar-refractivity contribution in [2.45, 2.75) is 17.0 Å². The number of carbonyl (C=O) groups excluding carboxylic acids is 1. The number of likely N-dealkylation sites (tertiary alicyclic amines) is 1. The Kier molecular flexibility index (Phi) is 4.21. The van der Waals surface area contributed by atoms with Crippen molar-refractivity contribution >= 4 is 21.9 Å². The van der Waals surface area contributed by atoms with Gasteiger partial charge in [0, 0.05) is 18.5 Å². The summed E-state index contributed by atoms with van der Waals surface area (Å²) in [6, 6.07) is 5.14. The van der Waals surface area contributed by atoms with Gasteiger partial charge >= 0.3 is 5.97 Å². The fourth-order valence-corrected chi connectivity index (χ4v) is 2.93. The van der Waals surface area contributed by atoms with E-state index in [4.69, 9.17) is 5.11 Å². The van der Waals surface area contributed by atoms with Crippen molar-refractivity contribution < 1.29 is 27.5 Å². The Morgan fingerprint density at radius 2 is 1.91 bits per heavy atom. The van der Waals surface area contributed by atoms with E-state index in [1.165, 1.54) is 31.3 Å². The van der Waals surface area contributed by atoms with E-state index in [-0.39, 0.29) is 23.4 Å². The molecule has 1 atom stereocenters. The summed E-state index contributed by atoms with van der Waals surface area (Å²) in [5, 5.41) is 8.81. The van der Waals surface area contributed by atoms with E-state index in [0.29, 0.717) is 0 Å². The number of nitrogens with zero attached hydrogens (tertiary/aromatic N) is 1. The van der Waals surface area contributed by atoms with Gasteiger partial charge in [0.1, 0.15) is 0 Å². The van der Waals surface area contributed by atoms with Crippen LogP contribution in [0.2, 0.25) is 0 Å². The fraction of sp³-hybridized carbons (Fsp3) is 0.385. The van der Waals surface area contributed by atoms with Crippen LogP contribution in [0.1, 0.15) is 16.8 Å². The van der Waals surface area contributed by atoms with Gasteiger partial charge < -0.3 is 10.0 Å². The highest BCUT2D eigenvalue weighted by Gasteiger charge is 2.46. The molecule has 22 heavy (non-hydrogen) atoms. The molecule has 0 bridgehead atoms. The molecule has 1 aliphatic heterocycles. The topological polar surface area (TPSA) is 104 Å². The lowest BCUT2D eigenvalue weighted by atomic mass is 10.1. The maximum Gasteiger partial charge on any atom is 0.343 e. The molecule has 2 rings (SSSR count). The minimum Gasteiger partial charge on any atom is -0.479 e. The van der Waals surface area contributed by atoms with Gasteiger partial charge in [0.05, 0.1) is 11.4 Å². The third-order valence-corrected chi connectivity index (χ3v) is 5.00. The molecule has 0 spiro atoms. The van der Waals surface area contributed by atoms with Crippen LogP contribution in [0.4, 0.5) is 4.39 Å². The van der Waals surface area contributed by atoms with Crippen molar-refractivity contribution in [3.8, 4) is 0 Å². The number of hydrogen-bond donors (Lipinski definition) is 2. The number of carboxylic acid groups (broad SMARTS) is 1. The molecule has 1 saturated heterocycles. The molecule has 1 aromatic carbocycles. The predicted octanol–water partition coefficient (Wildman–Crippen LogP) is 0.233. The number of carboxylic acids is 1. The number of benzene rings is 1. The number of halogens is 1. The van der Waals surface area contributed by atoms with E-state index in [9.17, 15) is 22.4 Å². The first kappa shape index (κ1) is 16.4. The molecular formula is C13H15FN2O5S. The number of carbonyl (C=O) groups is 2. The predicted molar refractivity (Wildman–Crippen MR) is 74.7 cm³/mol. The Bertz CT molecular complexity index is 704. The van der Waals surface area contributed by atoms with E-state index in [1.54, 1.807) is 0 Å². The summed E-state index contributed by atoms with van der Waals surface area (Å²) in [5.41, 5.74) is -2.25. The van der Waals surface area contributed by atoms with Crippen LogP contribution < -0.4 is 4.72 Å². The average molecular weight is 330 g/mol. The first-order valence-corrected chi connectivity index (χ1v) is 7.93. The van der Waals surface area contributed by atoms with Crippen LogP contribution in [-0.4, -0.2) is 56.1 Å². The molecule has 0 radical (unpaired) electrons. The van der Waals surface area contributed by atoms with Gasteiger partial charge in [0.2, 0.25) is 15.7 Å². The minimum atomic E-state index is -3.60. The van der Waals surface area contributed by atoms with Crippen molar-refractivity contribution in [3.05, 3.63) is 29.8 Å². The van der Waals surface area contributed by atoms with E-state index < -0.39 is 34.1 Å². The molecule has 0 aliphatic carbocycles. The van der Waals surface area contributed by atoms with Crippen molar-refractivity contribution in [1.82, 2.24) is 9.62 Å². The Hall–Kier alpha value is -2.00. The zero-order chi connectivity index (χ0) is 16.5. The third-order valence-electron chi connectivity index (χ3n) is 3.57. The summed E-state index contributed by atoms with van der Waals surface area (Å²) in [6.07, 6.45) is -0.264. The van der Waals surface area contributed by atoms with Gasteiger partial charge in [-0.15, -0.1) is 0 Å². The van der Waals surface area contributed by atoms with Crippen LogP contribution in [0, 0.1) is 0 Å². The number of sulfonamides is 1. The minimum absolute atomic E-state index is 0.00153. The van der Waals surface area contributed by atoms with Gasteiger partial charge in [-0.05, 0) is 31.3 Å². The molecular weight excluding hydrogens is 315 g/mol. The molecule has 0 aromatic heterocycles. The highest BCUT2D eigenvalue weighted by molar-refractivity contribution is 7.89. The second-order valence-electron chi connectivity index (χ2n) is 4.98. The standard InChI is InChI=1S/C13H15FN2O5S/c1-15-22(20,21)10-4-2-9(3-5-10)11(17)16-7-6-13(14,8-16)12(18)19/h2-5,15H,6-8H2,1H3,(H,18,19). The lowest BCUT2D eigenvalue weighted by Crippen LogP contribution is -2.38. The second kappa shape index (κ2) is 5.65. The van der Waals surface area contributed by atoms with Crippen molar-refractivity contribution in [1.29, 1.82) is 0 Å². The maximum atomic E-state index is 13.9. The summed E-state index contributed by atoms with van der Waals surface area (Å²) < 4.78 is 39.2. The number of rotatable bonds is 4. The summed E-state index contributed by atoms with van der Waals surface area (Å²) >= 11 is 0. The van der Waals surface area contributed by atoms with Gasteiger partial charge in [-0.3, -0.25) is 4.79 Å². The van der Waals surface area contributed by atoms with Crippen LogP contribution in [0.25, 0.3) is 0 Å². The smallest absolute Gasteiger partial charge is 0.343 e. The molecule has 9 heteroatoms. The third kappa shape index (κ3) is 2.95. The Morgan fingerprint density at radius 1 is 1.32 bits per heavy atom. The zero-order valence-electron chi connectivity index (χ0n) is 11.7. The summed E-state index contributed by atoms with van der Waals surface area (Å²) in [7, 11) is -2.33. The fourth-order valence-electron chi connectivity index (χ4n) is 2.20. The molecule has 120 valence electrons. The summed E-state index contributed by atoms with van der Waals surface area (Å²) in [4.78, 5) is 24.1. The maximum absolute atomic E-state index is 13.9. The lowest BCUT2D eigenvalue weighted by Gasteiger charge is -2.17. The molecule has 7 nitrogen and oxygen atoms in total. The Labute approximate surface area is 126 Å². The van der Waals surface area contributed by atoms with Crippen LogP contribution >= 0.6 is 0 Å². The molecule has 1 heterocycles. The average Bonchev–Trinajstić information content (AvgIpc) is 2.90. The van der Waals surface area contributed by atoms with Crippen LogP contribution in [0.15, 0.2) is 29.2 Å². The lowest BCUT2D eigenvalue weighted by molar-refractivity contribution is -0.149. The molecule has 2 N–H and O–H groups in total. The van der Waals surface area contributed by atoms with Gasteiger partial charge in [-0.1, -0.05) is 0 Å². The van der Waals surface area contributed by atoms with Gasteiger partial charge in [-0.2, -0.15) is 0 Å².